The standard InChI is InChI=1S/C11H18N2O3/c1-6(2)10-9(8(4)13-16-10)11(15)12-7(3)5-14/h6-7,14H,5H2,1-4H3,(H,12,15)/t7-/m0/s1. The lowest BCUT2D eigenvalue weighted by atomic mass is 10.0. The van der Waals surface area contributed by atoms with Crippen molar-refractivity contribution in [1.29, 1.82) is 0 Å². The molecular formula is C11H18N2O3. The average Bonchev–Trinajstić information content (AvgIpc) is 2.59. The van der Waals surface area contributed by atoms with E-state index >= 15 is 0 Å². The van der Waals surface area contributed by atoms with Gasteiger partial charge in [0.15, 0.2) is 5.76 Å². The van der Waals surface area contributed by atoms with E-state index in [1.165, 1.54) is 0 Å². The van der Waals surface area contributed by atoms with Crippen molar-refractivity contribution >= 4 is 5.91 Å². The minimum Gasteiger partial charge on any atom is -0.394 e. The minimum atomic E-state index is -0.276. The van der Waals surface area contributed by atoms with Gasteiger partial charge in [0.25, 0.3) is 5.91 Å². The lowest BCUT2D eigenvalue weighted by molar-refractivity contribution is 0.0919. The van der Waals surface area contributed by atoms with Crippen molar-refractivity contribution in [2.75, 3.05) is 6.61 Å². The van der Waals surface area contributed by atoms with Gasteiger partial charge in [0.1, 0.15) is 5.56 Å². The van der Waals surface area contributed by atoms with E-state index in [2.05, 4.69) is 10.5 Å². The average molecular weight is 226 g/mol. The number of nitrogens with zero attached hydrogens (tertiary/aromatic N) is 1. The fraction of sp³-hybridized carbons (Fsp3) is 0.636. The largest absolute Gasteiger partial charge is 0.394 e. The molecule has 0 radical (unpaired) electrons. The number of aryl methyl sites for hydroxylation is 1. The fourth-order valence-electron chi connectivity index (χ4n) is 1.40. The summed E-state index contributed by atoms with van der Waals surface area (Å²) in [6, 6.07) is -0.276. The minimum absolute atomic E-state index is 0.0902. The SMILES string of the molecule is Cc1noc(C(C)C)c1C(=O)N[C@@H](C)CO. The van der Waals surface area contributed by atoms with Gasteiger partial charge in [0.05, 0.1) is 12.3 Å². The van der Waals surface area contributed by atoms with Crippen LogP contribution < -0.4 is 5.32 Å². The molecule has 2 N–H and O–H groups in total. The van der Waals surface area contributed by atoms with Gasteiger partial charge in [-0.3, -0.25) is 4.79 Å². The second kappa shape index (κ2) is 5.12. The van der Waals surface area contributed by atoms with Gasteiger partial charge in [0, 0.05) is 12.0 Å². The summed E-state index contributed by atoms with van der Waals surface area (Å²) in [5, 5.41) is 15.3. The predicted molar refractivity (Wildman–Crippen MR) is 59.3 cm³/mol. The number of nitrogens with one attached hydrogen (secondary N) is 1. The molecule has 0 saturated heterocycles. The molecule has 0 fully saturated rings. The zero-order chi connectivity index (χ0) is 12.3. The molecule has 90 valence electrons. The molecule has 1 aromatic rings. The van der Waals surface area contributed by atoms with E-state index in [1.54, 1.807) is 13.8 Å². The van der Waals surface area contributed by atoms with E-state index in [1.807, 2.05) is 13.8 Å². The van der Waals surface area contributed by atoms with Gasteiger partial charge in [0.2, 0.25) is 0 Å². The topological polar surface area (TPSA) is 75.4 Å². The molecule has 1 heterocycles. The molecule has 1 amide bonds. The molecular weight excluding hydrogens is 208 g/mol. The third-order valence-corrected chi connectivity index (χ3v) is 2.29. The van der Waals surface area contributed by atoms with E-state index in [-0.39, 0.29) is 24.5 Å². The Morgan fingerprint density at radius 1 is 1.50 bits per heavy atom. The molecule has 0 aliphatic heterocycles. The van der Waals surface area contributed by atoms with Crippen molar-refractivity contribution in [3.63, 3.8) is 0 Å². The Morgan fingerprint density at radius 3 is 2.62 bits per heavy atom. The Hall–Kier alpha value is -1.36. The van der Waals surface area contributed by atoms with Crippen molar-refractivity contribution < 1.29 is 14.4 Å². The first-order valence-corrected chi connectivity index (χ1v) is 5.35. The lowest BCUT2D eigenvalue weighted by Gasteiger charge is -2.11. The van der Waals surface area contributed by atoms with Crippen LogP contribution in [-0.2, 0) is 0 Å². The summed E-state index contributed by atoms with van der Waals surface area (Å²) in [4.78, 5) is 11.9. The van der Waals surface area contributed by atoms with Gasteiger partial charge >= 0.3 is 0 Å². The van der Waals surface area contributed by atoms with Gasteiger partial charge in [-0.1, -0.05) is 19.0 Å². The smallest absolute Gasteiger partial charge is 0.257 e. The van der Waals surface area contributed by atoms with Crippen LogP contribution in [0.4, 0.5) is 0 Å². The summed E-state index contributed by atoms with van der Waals surface area (Å²) in [5.41, 5.74) is 1.06. The second-order valence-corrected chi connectivity index (χ2v) is 4.22. The molecule has 0 aromatic carbocycles. The van der Waals surface area contributed by atoms with Crippen molar-refractivity contribution in [1.82, 2.24) is 10.5 Å². The number of hydrogen-bond acceptors (Lipinski definition) is 4. The summed E-state index contributed by atoms with van der Waals surface area (Å²) in [6.45, 7) is 7.25. The Bertz CT molecular complexity index is 371. The molecule has 0 spiro atoms. The summed E-state index contributed by atoms with van der Waals surface area (Å²) in [7, 11) is 0. The van der Waals surface area contributed by atoms with Crippen LogP contribution in [0.15, 0.2) is 4.52 Å². The normalized spacial score (nSPS) is 12.9. The molecule has 16 heavy (non-hydrogen) atoms. The molecule has 0 saturated carbocycles. The van der Waals surface area contributed by atoms with Gasteiger partial charge < -0.3 is 14.9 Å². The highest BCUT2D eigenvalue weighted by atomic mass is 16.5. The van der Waals surface area contributed by atoms with E-state index in [0.717, 1.165) is 0 Å². The maximum Gasteiger partial charge on any atom is 0.257 e. The predicted octanol–water partition coefficient (Wildman–Crippen LogP) is 1.22. The van der Waals surface area contributed by atoms with Crippen molar-refractivity contribution in [3.05, 3.63) is 17.0 Å². The molecule has 1 aromatic heterocycles. The van der Waals surface area contributed by atoms with E-state index in [0.29, 0.717) is 17.0 Å². The number of hydrogen-bond donors (Lipinski definition) is 2. The van der Waals surface area contributed by atoms with Crippen molar-refractivity contribution in [2.24, 2.45) is 0 Å². The summed E-state index contributed by atoms with van der Waals surface area (Å²) < 4.78 is 5.12. The highest BCUT2D eigenvalue weighted by Gasteiger charge is 2.23. The fourth-order valence-corrected chi connectivity index (χ4v) is 1.40. The van der Waals surface area contributed by atoms with E-state index in [9.17, 15) is 4.79 Å². The molecule has 0 aliphatic rings. The van der Waals surface area contributed by atoms with Crippen LogP contribution in [-0.4, -0.2) is 28.8 Å². The summed E-state index contributed by atoms with van der Waals surface area (Å²) in [6.07, 6.45) is 0. The molecule has 0 aliphatic carbocycles. The summed E-state index contributed by atoms with van der Waals surface area (Å²) >= 11 is 0. The Balaban J connectivity index is 2.94. The van der Waals surface area contributed by atoms with Crippen LogP contribution in [0, 0.1) is 6.92 Å². The molecule has 5 heteroatoms. The first kappa shape index (κ1) is 12.7. The van der Waals surface area contributed by atoms with Gasteiger partial charge in [-0.05, 0) is 13.8 Å². The van der Waals surface area contributed by atoms with E-state index in [4.69, 9.17) is 9.63 Å². The number of rotatable bonds is 4. The third kappa shape index (κ3) is 2.61. The number of carbonyl (C=O) groups is 1. The zero-order valence-electron chi connectivity index (χ0n) is 10.1. The number of aliphatic hydroxyl groups is 1. The lowest BCUT2D eigenvalue weighted by Crippen LogP contribution is -2.35. The highest BCUT2D eigenvalue weighted by Crippen LogP contribution is 2.22. The number of aromatic nitrogens is 1. The first-order valence-electron chi connectivity index (χ1n) is 5.35. The Labute approximate surface area is 94.8 Å². The molecule has 5 nitrogen and oxygen atoms in total. The Kier molecular flexibility index (Phi) is 4.06. The first-order chi connectivity index (χ1) is 7.47. The maximum atomic E-state index is 11.9. The van der Waals surface area contributed by atoms with Crippen LogP contribution in [0.3, 0.4) is 0 Å². The van der Waals surface area contributed by atoms with Crippen LogP contribution in [0.25, 0.3) is 0 Å². The van der Waals surface area contributed by atoms with Crippen LogP contribution in [0.1, 0.15) is 48.5 Å². The van der Waals surface area contributed by atoms with Gasteiger partial charge in [-0.15, -0.1) is 0 Å². The van der Waals surface area contributed by atoms with E-state index < -0.39 is 0 Å². The van der Waals surface area contributed by atoms with Crippen molar-refractivity contribution in [2.45, 2.75) is 39.7 Å². The molecule has 0 unspecified atom stereocenters. The number of aliphatic hydroxyl groups excluding tert-OH is 1. The second-order valence-electron chi connectivity index (χ2n) is 4.22. The number of amides is 1. The molecule has 0 bridgehead atoms. The van der Waals surface area contributed by atoms with Gasteiger partial charge in [-0.25, -0.2) is 0 Å². The van der Waals surface area contributed by atoms with Gasteiger partial charge in [-0.2, -0.15) is 0 Å². The summed E-state index contributed by atoms with van der Waals surface area (Å²) in [5.74, 6) is 0.440. The third-order valence-electron chi connectivity index (χ3n) is 2.29. The maximum absolute atomic E-state index is 11.9. The van der Waals surface area contributed by atoms with Crippen LogP contribution in [0.2, 0.25) is 0 Å². The molecule has 1 atom stereocenters. The molecule has 1 rings (SSSR count). The Morgan fingerprint density at radius 2 is 2.12 bits per heavy atom. The highest BCUT2D eigenvalue weighted by molar-refractivity contribution is 5.96. The zero-order valence-corrected chi connectivity index (χ0v) is 10.1. The monoisotopic (exact) mass is 226 g/mol. The number of carbonyl (C=O) groups excluding carboxylic acids is 1. The quantitative estimate of drug-likeness (QED) is 0.809. The van der Waals surface area contributed by atoms with Crippen LogP contribution in [0.5, 0.6) is 0 Å². The van der Waals surface area contributed by atoms with Crippen molar-refractivity contribution in [3.8, 4) is 0 Å². The van der Waals surface area contributed by atoms with Crippen LogP contribution >= 0.6 is 0 Å².